The maximum Gasteiger partial charge on any atom is 0.406 e. The monoisotopic (exact) mass is 256 g/mol. The van der Waals surface area contributed by atoms with Crippen LogP contribution in [0, 0.1) is 17.3 Å². The summed E-state index contributed by atoms with van der Waals surface area (Å²) in [5.74, 6) is -1.01. The summed E-state index contributed by atoms with van der Waals surface area (Å²) < 4.78 is 76.8. The molecule has 0 fully saturated rings. The Morgan fingerprint density at radius 2 is 1.53 bits per heavy atom. The molecular weight excluding hydrogens is 246 g/mol. The van der Waals surface area contributed by atoms with Gasteiger partial charge < -0.3 is 0 Å². The van der Waals surface area contributed by atoms with Crippen LogP contribution >= 0.6 is 0 Å². The molecule has 2 aliphatic rings. The minimum atomic E-state index is -5.32. The van der Waals surface area contributed by atoms with E-state index in [1.54, 1.807) is 6.08 Å². The van der Waals surface area contributed by atoms with Crippen molar-refractivity contribution in [1.82, 2.24) is 0 Å². The van der Waals surface area contributed by atoms with E-state index in [4.69, 9.17) is 0 Å². The highest BCUT2D eigenvalue weighted by Gasteiger charge is 2.70. The highest BCUT2D eigenvalue weighted by Crippen LogP contribution is 2.60. The molecular formula is C11H10F6. The Kier molecular flexibility index (Phi) is 2.43. The molecule has 6 heteroatoms. The summed E-state index contributed by atoms with van der Waals surface area (Å²) in [7, 11) is 0. The molecule has 0 aliphatic heterocycles. The van der Waals surface area contributed by atoms with E-state index in [-0.39, 0.29) is 12.8 Å². The molecule has 0 amide bonds. The second kappa shape index (κ2) is 3.29. The molecule has 0 aromatic rings. The lowest BCUT2D eigenvalue weighted by Gasteiger charge is -2.37. The van der Waals surface area contributed by atoms with Gasteiger partial charge >= 0.3 is 12.4 Å². The molecule has 17 heavy (non-hydrogen) atoms. The highest BCUT2D eigenvalue weighted by atomic mass is 19.4. The third-order valence-corrected chi connectivity index (χ3v) is 3.62. The number of rotatable bonds is 1. The van der Waals surface area contributed by atoms with Gasteiger partial charge in [0.25, 0.3) is 0 Å². The topological polar surface area (TPSA) is 0 Å². The van der Waals surface area contributed by atoms with Crippen LogP contribution in [0.5, 0.6) is 0 Å². The normalized spacial score (nSPS) is 28.8. The maximum absolute atomic E-state index is 12.8. The molecule has 2 rings (SSSR count). The third kappa shape index (κ3) is 1.60. The van der Waals surface area contributed by atoms with Gasteiger partial charge in [0.1, 0.15) is 0 Å². The van der Waals surface area contributed by atoms with Crippen LogP contribution in [0.1, 0.15) is 13.3 Å². The first kappa shape index (κ1) is 12.5. The number of fused-ring (bicyclic) bond motifs is 2. The fraction of sp³-hybridized carbons (Fsp3) is 0.636. The zero-order valence-electron chi connectivity index (χ0n) is 8.86. The summed E-state index contributed by atoms with van der Waals surface area (Å²) in [6.45, 7) is 0.230. The van der Waals surface area contributed by atoms with Gasteiger partial charge in [-0.25, -0.2) is 0 Å². The van der Waals surface area contributed by atoms with E-state index in [0.29, 0.717) is 6.42 Å². The van der Waals surface area contributed by atoms with Gasteiger partial charge in [-0.05, 0) is 30.8 Å². The zero-order valence-corrected chi connectivity index (χ0v) is 8.86. The van der Waals surface area contributed by atoms with Crippen LogP contribution in [-0.4, -0.2) is 12.4 Å². The predicted octanol–water partition coefficient (Wildman–Crippen LogP) is 4.25. The molecule has 0 radical (unpaired) electrons. The maximum atomic E-state index is 12.8. The number of halogens is 6. The van der Waals surface area contributed by atoms with Crippen LogP contribution in [0.3, 0.4) is 0 Å². The fourth-order valence-electron chi connectivity index (χ4n) is 2.46. The second-order valence-corrected chi connectivity index (χ2v) is 4.63. The van der Waals surface area contributed by atoms with E-state index in [2.05, 4.69) is 0 Å². The Morgan fingerprint density at radius 1 is 1.00 bits per heavy atom. The molecule has 2 atom stereocenters. The lowest BCUT2D eigenvalue weighted by Crippen LogP contribution is -2.50. The van der Waals surface area contributed by atoms with Crippen molar-refractivity contribution in [3.8, 4) is 0 Å². The quantitative estimate of drug-likeness (QED) is 0.486. The average Bonchev–Trinajstić information content (AvgIpc) is 2.73. The van der Waals surface area contributed by atoms with Crippen molar-refractivity contribution in [2.24, 2.45) is 17.3 Å². The number of hydrogen-bond acceptors (Lipinski definition) is 0. The Bertz CT molecular complexity index is 370. The lowest BCUT2D eigenvalue weighted by atomic mass is 9.75. The van der Waals surface area contributed by atoms with Crippen LogP contribution in [0.4, 0.5) is 26.3 Å². The smallest absolute Gasteiger partial charge is 0.170 e. The van der Waals surface area contributed by atoms with Gasteiger partial charge in [-0.2, -0.15) is 26.3 Å². The van der Waals surface area contributed by atoms with Crippen LogP contribution in [-0.2, 0) is 0 Å². The van der Waals surface area contributed by atoms with Crippen molar-refractivity contribution in [1.29, 1.82) is 0 Å². The summed E-state index contributed by atoms with van der Waals surface area (Å²) in [5, 5.41) is 0. The molecule has 0 N–H and O–H groups in total. The first-order valence-corrected chi connectivity index (χ1v) is 5.11. The third-order valence-electron chi connectivity index (χ3n) is 3.62. The Hall–Kier alpha value is -0.940. The number of allylic oxidation sites excluding steroid dienone is 4. The van der Waals surface area contributed by atoms with Gasteiger partial charge in [0.15, 0.2) is 5.41 Å². The molecule has 0 heterocycles. The fourth-order valence-corrected chi connectivity index (χ4v) is 2.46. The Labute approximate surface area is 94.0 Å². The molecule has 2 unspecified atom stereocenters. The van der Waals surface area contributed by atoms with E-state index in [0.717, 1.165) is 6.08 Å². The van der Waals surface area contributed by atoms with E-state index in [9.17, 15) is 26.3 Å². The van der Waals surface area contributed by atoms with Crippen molar-refractivity contribution in [3.05, 3.63) is 23.8 Å². The number of hydrogen-bond donors (Lipinski definition) is 0. The van der Waals surface area contributed by atoms with Gasteiger partial charge in [-0.3, -0.25) is 0 Å². The minimum Gasteiger partial charge on any atom is -0.170 e. The average molecular weight is 256 g/mol. The van der Waals surface area contributed by atoms with Crippen LogP contribution in [0.2, 0.25) is 0 Å². The van der Waals surface area contributed by atoms with Gasteiger partial charge in [0.05, 0.1) is 0 Å². The van der Waals surface area contributed by atoms with E-state index >= 15 is 0 Å². The Balaban J connectivity index is 2.47. The Morgan fingerprint density at radius 3 is 1.82 bits per heavy atom. The van der Waals surface area contributed by atoms with Crippen LogP contribution in [0.15, 0.2) is 23.8 Å². The van der Waals surface area contributed by atoms with Crippen molar-refractivity contribution in [2.75, 3.05) is 0 Å². The summed E-state index contributed by atoms with van der Waals surface area (Å²) in [6.07, 6.45) is -6.11. The molecule has 2 aliphatic carbocycles. The molecule has 0 spiro atoms. The minimum absolute atomic E-state index is 0.230. The van der Waals surface area contributed by atoms with Gasteiger partial charge in [0, 0.05) is 0 Å². The molecule has 2 bridgehead atoms. The predicted molar refractivity (Wildman–Crippen MR) is 49.0 cm³/mol. The first-order valence-electron chi connectivity index (χ1n) is 5.11. The van der Waals surface area contributed by atoms with E-state index in [1.807, 2.05) is 0 Å². The summed E-state index contributed by atoms with van der Waals surface area (Å²) in [4.78, 5) is 0. The standard InChI is InChI=1S/C11H10F6/c1-9(10(12,13)14,11(15,16)17)8-5-6-2-3-7(8)4-6/h2-3,5-7H,4H2,1H3. The summed E-state index contributed by atoms with van der Waals surface area (Å²) in [5.41, 5.74) is -4.28. The largest absolute Gasteiger partial charge is 0.406 e. The van der Waals surface area contributed by atoms with Crippen molar-refractivity contribution in [2.45, 2.75) is 25.7 Å². The van der Waals surface area contributed by atoms with Crippen molar-refractivity contribution in [3.63, 3.8) is 0 Å². The first-order chi connectivity index (χ1) is 7.57. The van der Waals surface area contributed by atoms with Crippen molar-refractivity contribution >= 4 is 0 Å². The summed E-state index contributed by atoms with van der Waals surface area (Å²) in [6, 6.07) is 0. The SMILES string of the molecule is CC(C1=CC2C=CC1C2)(C(F)(F)F)C(F)(F)F. The molecule has 0 aromatic heterocycles. The van der Waals surface area contributed by atoms with Gasteiger partial charge in [0.2, 0.25) is 0 Å². The van der Waals surface area contributed by atoms with E-state index < -0.39 is 29.3 Å². The molecule has 0 saturated heterocycles. The molecule has 0 saturated carbocycles. The molecule has 0 aromatic carbocycles. The van der Waals surface area contributed by atoms with E-state index in [1.165, 1.54) is 6.08 Å². The highest BCUT2D eigenvalue weighted by molar-refractivity contribution is 5.36. The zero-order chi connectivity index (χ0) is 13.1. The second-order valence-electron chi connectivity index (χ2n) is 4.63. The molecule has 96 valence electrons. The van der Waals surface area contributed by atoms with Crippen molar-refractivity contribution < 1.29 is 26.3 Å². The molecule has 0 nitrogen and oxygen atoms in total. The lowest BCUT2D eigenvalue weighted by molar-refractivity contribution is -0.320. The van der Waals surface area contributed by atoms with Crippen LogP contribution < -0.4 is 0 Å². The van der Waals surface area contributed by atoms with Gasteiger partial charge in [-0.15, -0.1) is 0 Å². The van der Waals surface area contributed by atoms with Gasteiger partial charge in [-0.1, -0.05) is 18.2 Å². The number of alkyl halides is 6. The van der Waals surface area contributed by atoms with Crippen LogP contribution in [0.25, 0.3) is 0 Å². The summed E-state index contributed by atoms with van der Waals surface area (Å²) >= 11 is 0.